The van der Waals surface area contributed by atoms with Crippen LogP contribution in [-0.4, -0.2) is 36.1 Å². The minimum atomic E-state index is 0.404. The van der Waals surface area contributed by atoms with Crippen molar-refractivity contribution in [1.29, 1.82) is 0 Å². The Hall–Kier alpha value is -0.0800. The fourth-order valence-electron chi connectivity index (χ4n) is 5.16. The van der Waals surface area contributed by atoms with E-state index >= 15 is 0 Å². The summed E-state index contributed by atoms with van der Waals surface area (Å²) >= 11 is 0. The van der Waals surface area contributed by atoms with Gasteiger partial charge in [0.25, 0.3) is 0 Å². The molecule has 2 heteroatoms. The first-order valence-corrected chi connectivity index (χ1v) is 9.77. The average Bonchev–Trinajstić information content (AvgIpc) is 2.92. The smallest absolute Gasteiger partial charge is 0.0359 e. The Bertz CT molecular complexity index is 271. The van der Waals surface area contributed by atoms with Crippen molar-refractivity contribution in [3.63, 3.8) is 0 Å². The molecular formula is C19H38N2. The summed E-state index contributed by atoms with van der Waals surface area (Å²) in [5, 5.41) is 3.96. The molecule has 0 amide bonds. The lowest BCUT2D eigenvalue weighted by atomic mass is 9.74. The monoisotopic (exact) mass is 294 g/mol. The number of likely N-dealkylation sites (tertiary alicyclic amines) is 1. The molecule has 0 aromatic carbocycles. The molecule has 0 aromatic rings. The first kappa shape index (κ1) is 17.3. The molecule has 21 heavy (non-hydrogen) atoms. The highest BCUT2D eigenvalue weighted by Gasteiger charge is 2.44. The standard InChI is InChI=1S/C19H38N2/c1-4-19(5-2,21-15-11-12-16-21)18(20-6-3)17-13-9-7-8-10-14-17/h17-18,20H,4-16H2,1-3H3. The van der Waals surface area contributed by atoms with Gasteiger partial charge in [0.1, 0.15) is 0 Å². The zero-order chi connectivity index (χ0) is 15.1. The normalized spacial score (nSPS) is 24.1. The molecule has 0 aromatic heterocycles. The Balaban J connectivity index is 2.21. The molecule has 1 saturated carbocycles. The third kappa shape index (κ3) is 3.82. The van der Waals surface area contributed by atoms with Crippen LogP contribution < -0.4 is 5.32 Å². The van der Waals surface area contributed by atoms with Gasteiger partial charge in [-0.15, -0.1) is 0 Å². The van der Waals surface area contributed by atoms with Gasteiger partial charge < -0.3 is 5.32 Å². The lowest BCUT2D eigenvalue weighted by Gasteiger charge is -2.50. The van der Waals surface area contributed by atoms with Crippen LogP contribution in [0.3, 0.4) is 0 Å². The molecule has 2 fully saturated rings. The van der Waals surface area contributed by atoms with Crippen LogP contribution in [0.15, 0.2) is 0 Å². The van der Waals surface area contributed by atoms with Crippen LogP contribution in [0.2, 0.25) is 0 Å². The van der Waals surface area contributed by atoms with Gasteiger partial charge >= 0.3 is 0 Å². The summed E-state index contributed by atoms with van der Waals surface area (Å²) in [5.41, 5.74) is 0.404. The van der Waals surface area contributed by atoms with E-state index in [1.807, 2.05) is 0 Å². The van der Waals surface area contributed by atoms with Gasteiger partial charge in [0.05, 0.1) is 0 Å². The van der Waals surface area contributed by atoms with Crippen LogP contribution in [0.1, 0.15) is 85.0 Å². The van der Waals surface area contributed by atoms with E-state index in [0.29, 0.717) is 11.6 Å². The second-order valence-corrected chi connectivity index (χ2v) is 7.29. The molecule has 1 saturated heterocycles. The number of likely N-dealkylation sites (N-methyl/N-ethyl adjacent to an activating group) is 1. The molecule has 1 unspecified atom stereocenters. The summed E-state index contributed by atoms with van der Waals surface area (Å²) in [6, 6.07) is 0.702. The molecule has 2 nitrogen and oxygen atoms in total. The predicted molar refractivity (Wildman–Crippen MR) is 92.8 cm³/mol. The third-order valence-corrected chi connectivity index (χ3v) is 6.33. The van der Waals surface area contributed by atoms with Gasteiger partial charge in [-0.2, -0.15) is 0 Å². The first-order valence-electron chi connectivity index (χ1n) is 9.77. The Morgan fingerprint density at radius 1 is 0.905 bits per heavy atom. The van der Waals surface area contributed by atoms with Crippen molar-refractivity contribution in [3.05, 3.63) is 0 Å². The highest BCUT2D eigenvalue weighted by molar-refractivity contribution is 5.03. The molecule has 0 bridgehead atoms. The highest BCUT2D eigenvalue weighted by Crippen LogP contribution is 2.38. The lowest BCUT2D eigenvalue weighted by Crippen LogP contribution is -2.62. The maximum Gasteiger partial charge on any atom is 0.0359 e. The van der Waals surface area contributed by atoms with E-state index < -0.39 is 0 Å². The lowest BCUT2D eigenvalue weighted by molar-refractivity contribution is 0.0342. The maximum absolute atomic E-state index is 3.96. The van der Waals surface area contributed by atoms with Crippen molar-refractivity contribution in [2.45, 2.75) is 96.6 Å². The van der Waals surface area contributed by atoms with E-state index in [1.54, 1.807) is 0 Å². The quantitative estimate of drug-likeness (QED) is 0.691. The van der Waals surface area contributed by atoms with Crippen LogP contribution >= 0.6 is 0 Å². The van der Waals surface area contributed by atoms with Crippen molar-refractivity contribution >= 4 is 0 Å². The molecule has 1 atom stereocenters. The number of nitrogens with one attached hydrogen (secondary N) is 1. The second-order valence-electron chi connectivity index (χ2n) is 7.29. The molecule has 2 aliphatic rings. The Labute approximate surface area is 133 Å². The van der Waals surface area contributed by atoms with Gasteiger partial charge in [-0.25, -0.2) is 0 Å². The van der Waals surface area contributed by atoms with Gasteiger partial charge in [-0.05, 0) is 64.1 Å². The number of hydrogen-bond donors (Lipinski definition) is 1. The third-order valence-electron chi connectivity index (χ3n) is 6.33. The molecule has 1 N–H and O–H groups in total. The predicted octanol–water partition coefficient (Wildman–Crippen LogP) is 4.59. The second kappa shape index (κ2) is 8.53. The SMILES string of the molecule is CCNC(C1CCCCCC1)C(CC)(CC)N1CCCC1. The molecule has 2 rings (SSSR count). The van der Waals surface area contributed by atoms with Crippen LogP contribution in [0, 0.1) is 5.92 Å². The van der Waals surface area contributed by atoms with Gasteiger partial charge in [-0.1, -0.05) is 46.5 Å². The zero-order valence-electron chi connectivity index (χ0n) is 14.8. The summed E-state index contributed by atoms with van der Waals surface area (Å²) < 4.78 is 0. The fourth-order valence-corrected chi connectivity index (χ4v) is 5.16. The number of hydrogen-bond acceptors (Lipinski definition) is 2. The van der Waals surface area contributed by atoms with E-state index in [1.165, 1.54) is 77.3 Å². The largest absolute Gasteiger partial charge is 0.312 e. The molecule has 0 spiro atoms. The van der Waals surface area contributed by atoms with E-state index in [0.717, 1.165) is 12.5 Å². The summed E-state index contributed by atoms with van der Waals surface area (Å²) in [4.78, 5) is 2.85. The van der Waals surface area contributed by atoms with Crippen LogP contribution in [0.4, 0.5) is 0 Å². The highest BCUT2D eigenvalue weighted by atomic mass is 15.2. The topological polar surface area (TPSA) is 15.3 Å². The van der Waals surface area contributed by atoms with E-state index in [4.69, 9.17) is 0 Å². The van der Waals surface area contributed by atoms with Gasteiger partial charge in [0.15, 0.2) is 0 Å². The van der Waals surface area contributed by atoms with Gasteiger partial charge in [0, 0.05) is 11.6 Å². The maximum atomic E-state index is 3.96. The summed E-state index contributed by atoms with van der Waals surface area (Å²) in [6.07, 6.45) is 14.2. The molecule has 1 heterocycles. The number of nitrogens with zero attached hydrogens (tertiary/aromatic N) is 1. The van der Waals surface area contributed by atoms with Crippen molar-refractivity contribution in [2.24, 2.45) is 5.92 Å². The zero-order valence-corrected chi connectivity index (χ0v) is 14.8. The molecule has 124 valence electrons. The van der Waals surface area contributed by atoms with Crippen molar-refractivity contribution in [1.82, 2.24) is 10.2 Å². The Kier molecular flexibility index (Phi) is 7.01. The van der Waals surface area contributed by atoms with Crippen molar-refractivity contribution in [2.75, 3.05) is 19.6 Å². The summed E-state index contributed by atoms with van der Waals surface area (Å²) in [6.45, 7) is 10.9. The molecule has 1 aliphatic heterocycles. The van der Waals surface area contributed by atoms with E-state index in [2.05, 4.69) is 31.0 Å². The van der Waals surface area contributed by atoms with Crippen LogP contribution in [0.25, 0.3) is 0 Å². The Morgan fingerprint density at radius 2 is 1.48 bits per heavy atom. The number of rotatable bonds is 7. The fraction of sp³-hybridized carbons (Fsp3) is 1.00. The van der Waals surface area contributed by atoms with Crippen LogP contribution in [-0.2, 0) is 0 Å². The van der Waals surface area contributed by atoms with E-state index in [9.17, 15) is 0 Å². The van der Waals surface area contributed by atoms with Gasteiger partial charge in [0.2, 0.25) is 0 Å². The minimum absolute atomic E-state index is 0.404. The molecule has 0 radical (unpaired) electrons. The van der Waals surface area contributed by atoms with Gasteiger partial charge in [-0.3, -0.25) is 4.90 Å². The molecular weight excluding hydrogens is 256 g/mol. The Morgan fingerprint density at radius 3 is 1.95 bits per heavy atom. The van der Waals surface area contributed by atoms with Crippen molar-refractivity contribution < 1.29 is 0 Å². The molecule has 1 aliphatic carbocycles. The summed E-state index contributed by atoms with van der Waals surface area (Å²) in [5.74, 6) is 0.896. The van der Waals surface area contributed by atoms with E-state index in [-0.39, 0.29) is 0 Å². The average molecular weight is 295 g/mol. The van der Waals surface area contributed by atoms with Crippen molar-refractivity contribution in [3.8, 4) is 0 Å². The minimum Gasteiger partial charge on any atom is -0.312 e. The van der Waals surface area contributed by atoms with Crippen LogP contribution in [0.5, 0.6) is 0 Å². The first-order chi connectivity index (χ1) is 10.3. The summed E-state index contributed by atoms with van der Waals surface area (Å²) in [7, 11) is 0.